The van der Waals surface area contributed by atoms with E-state index in [2.05, 4.69) is 17.1 Å². The highest BCUT2D eigenvalue weighted by molar-refractivity contribution is 6.45. The van der Waals surface area contributed by atoms with Gasteiger partial charge in [0.1, 0.15) is 0 Å². The topological polar surface area (TPSA) is 67.5 Å². The van der Waals surface area contributed by atoms with E-state index in [1.807, 2.05) is 12.2 Å². The Bertz CT molecular complexity index is 313. The fraction of sp³-hybridized carbons (Fsp3) is 0.111. The second kappa shape index (κ2) is 4.25. The Hall–Kier alpha value is -1.84. The van der Waals surface area contributed by atoms with Gasteiger partial charge in [0.15, 0.2) is 5.71 Å². The zero-order valence-electron chi connectivity index (χ0n) is 7.16. The minimum absolute atomic E-state index is 0.167. The first-order valence-electron chi connectivity index (χ1n) is 3.84. The van der Waals surface area contributed by atoms with Gasteiger partial charge in [0.2, 0.25) is 0 Å². The summed E-state index contributed by atoms with van der Waals surface area (Å²) in [6, 6.07) is 0. The minimum Gasteiger partial charge on any atom is -0.364 e. The molecule has 0 aromatic rings. The molecule has 0 aromatic heterocycles. The average Bonchev–Trinajstić information content (AvgIpc) is 2.16. The molecular weight excluding hydrogens is 166 g/mol. The number of allylic oxidation sites excluding steroid dienone is 3. The standard InChI is InChI=1S/C9H11N3O/c1-7-5-3-2-4-6-11-12-8(7)9(10)13/h2-5,11H,1,6H2,(H2,10,13)/b4-2-,5-3-,12-8+. The van der Waals surface area contributed by atoms with Gasteiger partial charge in [-0.15, -0.1) is 0 Å². The number of nitrogens with zero attached hydrogens (tertiary/aromatic N) is 1. The first kappa shape index (κ1) is 9.25. The highest BCUT2D eigenvalue weighted by Crippen LogP contribution is 1.98. The molecule has 1 aliphatic heterocycles. The third kappa shape index (κ3) is 2.59. The van der Waals surface area contributed by atoms with Gasteiger partial charge in [-0.2, -0.15) is 5.10 Å². The number of primary amides is 1. The van der Waals surface area contributed by atoms with Crippen LogP contribution < -0.4 is 11.2 Å². The SMILES string of the molecule is C=C1/C=C\C=C/CN/N=C\1C(N)=O. The first-order chi connectivity index (χ1) is 6.22. The molecule has 0 aromatic carbocycles. The van der Waals surface area contributed by atoms with E-state index in [1.165, 1.54) is 0 Å². The highest BCUT2D eigenvalue weighted by Gasteiger charge is 2.08. The summed E-state index contributed by atoms with van der Waals surface area (Å²) in [5.74, 6) is -0.580. The van der Waals surface area contributed by atoms with Gasteiger partial charge in [-0.05, 0) is 0 Å². The molecule has 4 nitrogen and oxygen atoms in total. The molecule has 0 aliphatic carbocycles. The Morgan fingerprint density at radius 2 is 2.38 bits per heavy atom. The second-order valence-corrected chi connectivity index (χ2v) is 2.50. The number of hydrazone groups is 1. The summed E-state index contributed by atoms with van der Waals surface area (Å²) in [6.07, 6.45) is 7.19. The lowest BCUT2D eigenvalue weighted by atomic mass is 10.1. The van der Waals surface area contributed by atoms with Crippen molar-refractivity contribution < 1.29 is 4.79 Å². The Balaban J connectivity index is 2.92. The van der Waals surface area contributed by atoms with Gasteiger partial charge in [-0.1, -0.05) is 30.9 Å². The summed E-state index contributed by atoms with van der Waals surface area (Å²) >= 11 is 0. The van der Waals surface area contributed by atoms with E-state index >= 15 is 0 Å². The number of nitrogens with one attached hydrogen (secondary N) is 1. The Labute approximate surface area is 76.5 Å². The molecule has 0 saturated heterocycles. The van der Waals surface area contributed by atoms with Crippen LogP contribution in [0.15, 0.2) is 41.6 Å². The Kier molecular flexibility index (Phi) is 3.03. The predicted octanol–water partition coefficient (Wildman–Crippen LogP) is 0.0995. The summed E-state index contributed by atoms with van der Waals surface area (Å²) in [4.78, 5) is 10.9. The maximum absolute atomic E-state index is 10.9. The number of nitrogens with two attached hydrogens (primary N) is 1. The highest BCUT2D eigenvalue weighted by atomic mass is 16.1. The van der Waals surface area contributed by atoms with Crippen molar-refractivity contribution >= 4 is 11.6 Å². The summed E-state index contributed by atoms with van der Waals surface area (Å²) in [5.41, 5.74) is 8.47. The summed E-state index contributed by atoms with van der Waals surface area (Å²) in [5, 5.41) is 3.81. The maximum Gasteiger partial charge on any atom is 0.269 e. The van der Waals surface area contributed by atoms with Crippen LogP contribution in [0.3, 0.4) is 0 Å². The zero-order chi connectivity index (χ0) is 9.68. The van der Waals surface area contributed by atoms with Gasteiger partial charge in [0.25, 0.3) is 5.91 Å². The first-order valence-corrected chi connectivity index (χ1v) is 3.84. The number of amides is 1. The molecule has 1 heterocycles. The van der Waals surface area contributed by atoms with Crippen molar-refractivity contribution in [1.82, 2.24) is 5.43 Å². The number of hydrogen-bond acceptors (Lipinski definition) is 3. The van der Waals surface area contributed by atoms with Crippen LogP contribution in [0, 0.1) is 0 Å². The molecule has 0 atom stereocenters. The predicted molar refractivity (Wildman–Crippen MR) is 52.1 cm³/mol. The van der Waals surface area contributed by atoms with Gasteiger partial charge in [-0.25, -0.2) is 0 Å². The molecule has 0 bridgehead atoms. The van der Waals surface area contributed by atoms with Crippen molar-refractivity contribution in [2.75, 3.05) is 6.54 Å². The smallest absolute Gasteiger partial charge is 0.269 e. The van der Waals surface area contributed by atoms with Crippen LogP contribution in [-0.2, 0) is 4.79 Å². The third-order valence-corrected chi connectivity index (χ3v) is 1.48. The van der Waals surface area contributed by atoms with Crippen LogP contribution in [-0.4, -0.2) is 18.2 Å². The molecule has 0 fully saturated rings. The number of hydrogen-bond donors (Lipinski definition) is 2. The quantitative estimate of drug-likeness (QED) is 0.596. The number of carbonyl (C=O) groups excluding carboxylic acids is 1. The fourth-order valence-corrected chi connectivity index (χ4v) is 0.860. The third-order valence-electron chi connectivity index (χ3n) is 1.48. The van der Waals surface area contributed by atoms with Crippen LogP contribution in [0.25, 0.3) is 0 Å². The van der Waals surface area contributed by atoms with E-state index < -0.39 is 5.91 Å². The largest absolute Gasteiger partial charge is 0.364 e. The van der Waals surface area contributed by atoms with Crippen molar-refractivity contribution in [2.45, 2.75) is 0 Å². The molecule has 1 rings (SSSR count). The van der Waals surface area contributed by atoms with Gasteiger partial charge in [0.05, 0.1) is 6.54 Å². The summed E-state index contributed by atoms with van der Waals surface area (Å²) in [7, 11) is 0. The molecule has 0 radical (unpaired) electrons. The lowest BCUT2D eigenvalue weighted by Crippen LogP contribution is -2.26. The van der Waals surface area contributed by atoms with Crippen molar-refractivity contribution in [3.8, 4) is 0 Å². The molecule has 0 unspecified atom stereocenters. The van der Waals surface area contributed by atoms with Crippen molar-refractivity contribution in [3.05, 3.63) is 36.5 Å². The van der Waals surface area contributed by atoms with E-state index in [-0.39, 0.29) is 5.71 Å². The second-order valence-electron chi connectivity index (χ2n) is 2.50. The maximum atomic E-state index is 10.9. The van der Waals surface area contributed by atoms with E-state index in [0.29, 0.717) is 12.1 Å². The van der Waals surface area contributed by atoms with Crippen molar-refractivity contribution in [2.24, 2.45) is 10.8 Å². The number of carbonyl (C=O) groups is 1. The minimum atomic E-state index is -0.580. The lowest BCUT2D eigenvalue weighted by molar-refractivity contribution is -0.111. The van der Waals surface area contributed by atoms with Gasteiger partial charge in [-0.3, -0.25) is 4.79 Å². The molecule has 13 heavy (non-hydrogen) atoms. The lowest BCUT2D eigenvalue weighted by Gasteiger charge is -2.00. The molecule has 0 saturated carbocycles. The van der Waals surface area contributed by atoms with Crippen LogP contribution in [0.5, 0.6) is 0 Å². The van der Waals surface area contributed by atoms with Crippen molar-refractivity contribution in [3.63, 3.8) is 0 Å². The normalized spacial score (nSPS) is 25.5. The Morgan fingerprint density at radius 1 is 1.62 bits per heavy atom. The zero-order valence-corrected chi connectivity index (χ0v) is 7.16. The van der Waals surface area contributed by atoms with Gasteiger partial charge in [0, 0.05) is 5.57 Å². The van der Waals surface area contributed by atoms with Gasteiger partial charge < -0.3 is 11.2 Å². The van der Waals surface area contributed by atoms with Crippen LogP contribution in [0.2, 0.25) is 0 Å². The van der Waals surface area contributed by atoms with E-state index in [0.717, 1.165) is 0 Å². The summed E-state index contributed by atoms with van der Waals surface area (Å²) in [6.45, 7) is 4.23. The molecule has 3 N–H and O–H groups in total. The van der Waals surface area contributed by atoms with Crippen LogP contribution in [0.4, 0.5) is 0 Å². The van der Waals surface area contributed by atoms with Crippen molar-refractivity contribution in [1.29, 1.82) is 0 Å². The Morgan fingerprint density at radius 3 is 3.08 bits per heavy atom. The van der Waals surface area contributed by atoms with Gasteiger partial charge >= 0.3 is 0 Å². The number of rotatable bonds is 1. The average molecular weight is 177 g/mol. The van der Waals surface area contributed by atoms with Crippen LogP contribution >= 0.6 is 0 Å². The van der Waals surface area contributed by atoms with E-state index in [9.17, 15) is 4.79 Å². The monoisotopic (exact) mass is 177 g/mol. The molecular formula is C9H11N3O. The molecule has 4 heteroatoms. The molecule has 68 valence electrons. The van der Waals surface area contributed by atoms with E-state index in [1.54, 1.807) is 12.2 Å². The molecule has 0 spiro atoms. The fourth-order valence-electron chi connectivity index (χ4n) is 0.860. The molecule has 1 aliphatic rings. The summed E-state index contributed by atoms with van der Waals surface area (Å²) < 4.78 is 0. The van der Waals surface area contributed by atoms with Crippen LogP contribution in [0.1, 0.15) is 0 Å². The van der Waals surface area contributed by atoms with E-state index in [4.69, 9.17) is 5.73 Å². The molecule has 1 amide bonds.